The molecule has 3 heterocycles. The van der Waals surface area contributed by atoms with Gasteiger partial charge in [-0.3, -0.25) is 0 Å². The molecule has 162 valence electrons. The van der Waals surface area contributed by atoms with Crippen molar-refractivity contribution < 1.29 is 19.5 Å². The van der Waals surface area contributed by atoms with Gasteiger partial charge in [-0.25, -0.2) is 0 Å². The molecule has 2 saturated heterocycles. The number of nitrogens with zero attached hydrogens (tertiary/aromatic N) is 5. The number of ether oxygens (including phenoxy) is 3. The zero-order chi connectivity index (χ0) is 21.2. The molecule has 2 aromatic carbocycles. The van der Waals surface area contributed by atoms with Crippen molar-refractivity contribution in [2.45, 2.75) is 30.8 Å². The van der Waals surface area contributed by atoms with Crippen molar-refractivity contribution in [2.75, 3.05) is 32.2 Å². The molecule has 2 aliphatic rings. The number of aromatic nitrogens is 4. The van der Waals surface area contributed by atoms with Crippen LogP contribution in [0.1, 0.15) is 11.6 Å². The number of benzene rings is 2. The minimum atomic E-state index is -0.123. The highest BCUT2D eigenvalue weighted by molar-refractivity contribution is 5.49. The van der Waals surface area contributed by atoms with Crippen molar-refractivity contribution >= 4 is 5.69 Å². The van der Waals surface area contributed by atoms with Gasteiger partial charge >= 0.3 is 6.01 Å². The molecule has 2 N–H and O–H groups in total. The first-order valence-electron chi connectivity index (χ1n) is 10.5. The zero-order valence-electron chi connectivity index (χ0n) is 17.7. The van der Waals surface area contributed by atoms with Crippen molar-refractivity contribution in [1.82, 2.24) is 20.2 Å². The van der Waals surface area contributed by atoms with Gasteiger partial charge in [-0.1, -0.05) is 41.5 Å². The van der Waals surface area contributed by atoms with Gasteiger partial charge in [0.05, 0.1) is 6.61 Å². The first-order chi connectivity index (χ1) is 15.2. The highest BCUT2D eigenvalue weighted by Crippen LogP contribution is 2.35. The first-order valence-corrected chi connectivity index (χ1v) is 10.5. The largest absolute Gasteiger partial charge is 0.423 e. The van der Waals surface area contributed by atoms with Crippen LogP contribution in [0.25, 0.3) is 0 Å². The monoisotopic (exact) mass is 423 g/mol. The van der Waals surface area contributed by atoms with Crippen molar-refractivity contribution in [2.24, 2.45) is 0 Å². The Morgan fingerprint density at radius 2 is 1.90 bits per heavy atom. The summed E-state index contributed by atoms with van der Waals surface area (Å²) in [6, 6.07) is 18.7. The van der Waals surface area contributed by atoms with Crippen LogP contribution in [-0.4, -0.2) is 65.8 Å². The predicted octanol–water partition coefficient (Wildman–Crippen LogP) is 1.00. The summed E-state index contributed by atoms with van der Waals surface area (Å²) in [5.41, 5.74) is 2.33. The summed E-state index contributed by atoms with van der Waals surface area (Å²) < 4.78 is 20.0. The van der Waals surface area contributed by atoms with E-state index in [2.05, 4.69) is 45.1 Å². The summed E-state index contributed by atoms with van der Waals surface area (Å²) in [5.74, 6) is 0.680. The van der Waals surface area contributed by atoms with Gasteiger partial charge in [-0.15, -0.1) is 0 Å². The van der Waals surface area contributed by atoms with Crippen LogP contribution < -0.4 is 15.0 Å². The first kappa shape index (κ1) is 19.9. The second-order valence-electron chi connectivity index (χ2n) is 8.15. The lowest BCUT2D eigenvalue weighted by molar-refractivity contribution is -0.707. The van der Waals surface area contributed by atoms with E-state index in [9.17, 15) is 0 Å². The molecule has 0 spiro atoms. The number of nitrogens with two attached hydrogens (primary N) is 1. The second kappa shape index (κ2) is 8.62. The summed E-state index contributed by atoms with van der Waals surface area (Å²) in [7, 11) is 3.98. The Kier molecular flexibility index (Phi) is 5.54. The summed E-state index contributed by atoms with van der Waals surface area (Å²) in [4.78, 5) is 2.02. The lowest BCUT2D eigenvalue weighted by Gasteiger charge is -2.17. The Labute approximate surface area is 180 Å². The van der Waals surface area contributed by atoms with E-state index in [-0.39, 0.29) is 24.3 Å². The van der Waals surface area contributed by atoms with Crippen molar-refractivity contribution in [3.05, 3.63) is 60.2 Å². The fourth-order valence-electron chi connectivity index (χ4n) is 4.21. The van der Waals surface area contributed by atoms with Crippen LogP contribution in [-0.2, 0) is 16.0 Å². The molecule has 0 aliphatic carbocycles. The SMILES string of the molecule is CN(C)c1cccc(Oc2nnnn2[C@H]2CO[C@H]3[C@@H]2OC[C@@H]3[NH2+]Cc2ccccc2)c1. The van der Waals surface area contributed by atoms with Crippen LogP contribution in [0.3, 0.4) is 0 Å². The molecule has 0 bridgehead atoms. The number of tetrazole rings is 1. The van der Waals surface area contributed by atoms with Crippen molar-refractivity contribution in [1.29, 1.82) is 0 Å². The standard InChI is InChI=1S/C22H26N6O3/c1-27(2)16-9-6-10-17(11-16)31-22-24-25-26-28(22)19-14-30-20-18(13-29-21(19)20)23-12-15-7-4-3-5-8-15/h3-11,18-21,23H,12-14H2,1-2H3/p+1/t18-,19-,20+,21+/m0/s1. The van der Waals surface area contributed by atoms with E-state index in [1.807, 2.05) is 49.3 Å². The van der Waals surface area contributed by atoms with E-state index >= 15 is 0 Å². The molecule has 5 rings (SSSR count). The summed E-state index contributed by atoms with van der Waals surface area (Å²) in [5, 5.41) is 14.4. The fourth-order valence-corrected chi connectivity index (χ4v) is 4.21. The maximum absolute atomic E-state index is 6.14. The lowest BCUT2D eigenvalue weighted by Crippen LogP contribution is -2.91. The van der Waals surface area contributed by atoms with Crippen LogP contribution in [0.2, 0.25) is 0 Å². The Balaban J connectivity index is 1.26. The molecule has 0 saturated carbocycles. The molecule has 0 unspecified atom stereocenters. The number of fused-ring (bicyclic) bond motifs is 1. The molecule has 31 heavy (non-hydrogen) atoms. The van der Waals surface area contributed by atoms with Gasteiger partial charge in [0.25, 0.3) is 0 Å². The third-order valence-corrected chi connectivity index (χ3v) is 5.88. The third-order valence-electron chi connectivity index (χ3n) is 5.88. The Bertz CT molecular complexity index is 1010. The molecule has 2 aliphatic heterocycles. The smallest absolute Gasteiger partial charge is 0.341 e. The average molecular weight is 423 g/mol. The van der Waals surface area contributed by atoms with E-state index in [0.717, 1.165) is 12.2 Å². The van der Waals surface area contributed by atoms with E-state index in [4.69, 9.17) is 14.2 Å². The average Bonchev–Trinajstić information content (AvgIpc) is 3.50. The quantitative estimate of drug-likeness (QED) is 0.606. The highest BCUT2D eigenvalue weighted by atomic mass is 16.6. The molecule has 9 nitrogen and oxygen atoms in total. The second-order valence-corrected chi connectivity index (χ2v) is 8.15. The Hall–Kier alpha value is -3.01. The van der Waals surface area contributed by atoms with Crippen LogP contribution in [0.5, 0.6) is 11.8 Å². The predicted molar refractivity (Wildman–Crippen MR) is 113 cm³/mol. The topological polar surface area (TPSA) is 91.1 Å². The molecule has 9 heteroatoms. The third kappa shape index (κ3) is 4.12. The maximum atomic E-state index is 6.14. The number of quaternary nitrogens is 1. The van der Waals surface area contributed by atoms with E-state index < -0.39 is 0 Å². The summed E-state index contributed by atoms with van der Waals surface area (Å²) in [6.45, 7) is 2.03. The van der Waals surface area contributed by atoms with Gasteiger partial charge in [0.2, 0.25) is 0 Å². The summed E-state index contributed by atoms with van der Waals surface area (Å²) >= 11 is 0. The van der Waals surface area contributed by atoms with E-state index in [1.165, 1.54) is 5.56 Å². The molecular weight excluding hydrogens is 396 g/mol. The van der Waals surface area contributed by atoms with Crippen molar-refractivity contribution in [3.63, 3.8) is 0 Å². The lowest BCUT2D eigenvalue weighted by atomic mass is 10.1. The van der Waals surface area contributed by atoms with Gasteiger partial charge in [-0.2, -0.15) is 4.68 Å². The van der Waals surface area contributed by atoms with Gasteiger partial charge < -0.3 is 24.4 Å². The molecule has 4 atom stereocenters. The number of hydrogen-bond donors (Lipinski definition) is 1. The van der Waals surface area contributed by atoms with Gasteiger partial charge in [0, 0.05) is 31.4 Å². The molecule has 0 radical (unpaired) electrons. The molecule has 0 amide bonds. The van der Waals surface area contributed by atoms with E-state index in [0.29, 0.717) is 25.0 Å². The number of rotatable bonds is 7. The zero-order valence-corrected chi connectivity index (χ0v) is 17.7. The Morgan fingerprint density at radius 3 is 2.74 bits per heavy atom. The number of anilines is 1. The van der Waals surface area contributed by atoms with Gasteiger partial charge in [0.1, 0.15) is 43.2 Å². The minimum Gasteiger partial charge on any atom is -0.423 e. The van der Waals surface area contributed by atoms with Crippen molar-refractivity contribution in [3.8, 4) is 11.8 Å². The van der Waals surface area contributed by atoms with Gasteiger partial charge in [-0.05, 0) is 22.6 Å². The van der Waals surface area contributed by atoms with Gasteiger partial charge in [0.15, 0.2) is 0 Å². The molecule has 2 fully saturated rings. The molecule has 1 aromatic heterocycles. The normalized spacial score (nSPS) is 24.8. The Morgan fingerprint density at radius 1 is 1.06 bits per heavy atom. The minimum absolute atomic E-state index is 0.00262. The van der Waals surface area contributed by atoms with Crippen LogP contribution in [0.15, 0.2) is 54.6 Å². The molecular formula is C22H27N6O3+. The maximum Gasteiger partial charge on any atom is 0.341 e. The van der Waals surface area contributed by atoms with Crippen LogP contribution in [0, 0.1) is 0 Å². The highest BCUT2D eigenvalue weighted by Gasteiger charge is 2.51. The van der Waals surface area contributed by atoms with Crippen LogP contribution >= 0.6 is 0 Å². The fraction of sp³-hybridized carbons (Fsp3) is 0.409. The summed E-state index contributed by atoms with van der Waals surface area (Å²) in [6.07, 6.45) is -0.0983. The number of hydrogen-bond acceptors (Lipinski definition) is 7. The van der Waals surface area contributed by atoms with Crippen LogP contribution in [0.4, 0.5) is 5.69 Å². The molecule has 3 aromatic rings. The van der Waals surface area contributed by atoms with E-state index in [1.54, 1.807) is 4.68 Å².